The van der Waals surface area contributed by atoms with E-state index in [2.05, 4.69) is 24.6 Å². The summed E-state index contributed by atoms with van der Waals surface area (Å²) in [6.07, 6.45) is 2.68. The van der Waals surface area contributed by atoms with Crippen LogP contribution in [0.1, 0.15) is 18.5 Å². The van der Waals surface area contributed by atoms with Crippen molar-refractivity contribution in [3.63, 3.8) is 0 Å². The maximum absolute atomic E-state index is 10.6. The van der Waals surface area contributed by atoms with E-state index in [1.54, 1.807) is 6.07 Å². The number of rotatable bonds is 4. The van der Waals surface area contributed by atoms with Gasteiger partial charge in [0.1, 0.15) is 0 Å². The second-order valence-electron chi connectivity index (χ2n) is 5.51. The molecule has 1 amide bonds. The van der Waals surface area contributed by atoms with Gasteiger partial charge in [0, 0.05) is 0 Å². The van der Waals surface area contributed by atoms with E-state index in [9.17, 15) is 4.79 Å². The standard InChI is InChI=1S/C12H18N2O3Si/c1-18(2,3)17-12(6-7-12)10-5-4-9(8-14-10)16-11(13)15/h4-5,8H,6-7H2,1-3H3,(H2,13,15). The molecule has 1 heterocycles. The molecule has 2 N–H and O–H groups in total. The second kappa shape index (κ2) is 4.36. The van der Waals surface area contributed by atoms with Gasteiger partial charge in [0.05, 0.1) is 17.5 Å². The van der Waals surface area contributed by atoms with Crippen molar-refractivity contribution < 1.29 is 14.0 Å². The summed E-state index contributed by atoms with van der Waals surface area (Å²) in [5.74, 6) is 0.357. The summed E-state index contributed by atoms with van der Waals surface area (Å²) in [6.45, 7) is 6.49. The molecule has 5 nitrogen and oxygen atoms in total. The molecule has 0 saturated heterocycles. The van der Waals surface area contributed by atoms with Gasteiger partial charge < -0.3 is 14.9 Å². The number of carbonyl (C=O) groups is 1. The van der Waals surface area contributed by atoms with Crippen LogP contribution in [0.3, 0.4) is 0 Å². The first kappa shape index (κ1) is 13.0. The molecule has 0 radical (unpaired) electrons. The molecule has 0 atom stereocenters. The monoisotopic (exact) mass is 266 g/mol. The van der Waals surface area contributed by atoms with Crippen LogP contribution in [0.5, 0.6) is 5.75 Å². The lowest BCUT2D eigenvalue weighted by Gasteiger charge is -2.25. The zero-order chi connectivity index (χ0) is 13.4. The minimum Gasteiger partial charge on any atom is -0.409 e. The van der Waals surface area contributed by atoms with Gasteiger partial charge in [-0.1, -0.05) is 0 Å². The van der Waals surface area contributed by atoms with E-state index in [4.69, 9.17) is 14.9 Å². The molecule has 0 spiro atoms. The number of hydrogen-bond donors (Lipinski definition) is 1. The maximum Gasteiger partial charge on any atom is 0.410 e. The molecule has 1 saturated carbocycles. The number of nitrogens with zero attached hydrogens (tertiary/aromatic N) is 1. The molecule has 0 aromatic carbocycles. The number of carbonyl (C=O) groups excluding carboxylic acids is 1. The predicted molar refractivity (Wildman–Crippen MR) is 69.8 cm³/mol. The van der Waals surface area contributed by atoms with Crippen molar-refractivity contribution in [1.82, 2.24) is 4.98 Å². The highest BCUT2D eigenvalue weighted by Gasteiger charge is 2.49. The first-order valence-electron chi connectivity index (χ1n) is 5.95. The third kappa shape index (κ3) is 3.08. The lowest BCUT2D eigenvalue weighted by Crippen LogP contribution is -2.32. The Balaban J connectivity index is 2.12. The molecule has 6 heteroatoms. The molecule has 0 unspecified atom stereocenters. The Hall–Kier alpha value is -1.40. The summed E-state index contributed by atoms with van der Waals surface area (Å²) in [6, 6.07) is 3.53. The van der Waals surface area contributed by atoms with Crippen molar-refractivity contribution in [1.29, 1.82) is 0 Å². The number of nitrogens with two attached hydrogens (primary N) is 1. The first-order valence-corrected chi connectivity index (χ1v) is 9.36. The summed E-state index contributed by atoms with van der Waals surface area (Å²) in [5.41, 5.74) is 5.63. The average molecular weight is 266 g/mol. The third-order valence-corrected chi connectivity index (χ3v) is 3.63. The summed E-state index contributed by atoms with van der Waals surface area (Å²) >= 11 is 0. The van der Waals surface area contributed by atoms with Crippen molar-refractivity contribution in [3.05, 3.63) is 24.0 Å². The van der Waals surface area contributed by atoms with Crippen LogP contribution in [0, 0.1) is 0 Å². The Bertz CT molecular complexity index is 449. The summed E-state index contributed by atoms with van der Waals surface area (Å²) in [7, 11) is -1.60. The minimum absolute atomic E-state index is 0.213. The average Bonchev–Trinajstić information content (AvgIpc) is 2.96. The number of pyridine rings is 1. The molecule has 18 heavy (non-hydrogen) atoms. The van der Waals surface area contributed by atoms with Gasteiger partial charge in [-0.15, -0.1) is 0 Å². The van der Waals surface area contributed by atoms with E-state index in [-0.39, 0.29) is 5.60 Å². The van der Waals surface area contributed by atoms with Crippen LogP contribution in [0.2, 0.25) is 19.6 Å². The van der Waals surface area contributed by atoms with Gasteiger partial charge in [-0.05, 0) is 44.6 Å². The SMILES string of the molecule is C[Si](C)(C)OC1(c2ccc(OC(N)=O)cn2)CC1. The molecule has 1 aromatic heterocycles. The molecule has 1 aliphatic carbocycles. The Morgan fingerprint density at radius 1 is 1.39 bits per heavy atom. The van der Waals surface area contributed by atoms with Gasteiger partial charge in [-0.3, -0.25) is 4.98 Å². The third-order valence-electron chi connectivity index (χ3n) is 2.63. The van der Waals surface area contributed by atoms with Gasteiger partial charge in [-0.25, -0.2) is 4.79 Å². The number of primary amides is 1. The Kier molecular flexibility index (Phi) is 3.16. The smallest absolute Gasteiger partial charge is 0.409 e. The van der Waals surface area contributed by atoms with Gasteiger partial charge >= 0.3 is 6.09 Å². The van der Waals surface area contributed by atoms with Crippen LogP contribution in [-0.2, 0) is 10.0 Å². The topological polar surface area (TPSA) is 74.4 Å². The zero-order valence-corrected chi connectivity index (χ0v) is 11.9. The van der Waals surface area contributed by atoms with Crippen LogP contribution in [0.15, 0.2) is 18.3 Å². The summed E-state index contributed by atoms with van der Waals surface area (Å²) in [5, 5.41) is 0. The highest BCUT2D eigenvalue weighted by molar-refractivity contribution is 6.69. The Labute approximate surface area is 107 Å². The summed E-state index contributed by atoms with van der Waals surface area (Å²) in [4.78, 5) is 14.9. The normalized spacial score (nSPS) is 17.3. The van der Waals surface area contributed by atoms with Crippen LogP contribution in [-0.4, -0.2) is 19.4 Å². The first-order chi connectivity index (χ1) is 8.31. The largest absolute Gasteiger partial charge is 0.410 e. The number of aromatic nitrogens is 1. The molecule has 1 aliphatic rings. The van der Waals surface area contributed by atoms with E-state index in [0.29, 0.717) is 5.75 Å². The lowest BCUT2D eigenvalue weighted by atomic mass is 10.2. The van der Waals surface area contributed by atoms with Gasteiger partial charge in [0.25, 0.3) is 0 Å². The van der Waals surface area contributed by atoms with E-state index in [1.807, 2.05) is 6.07 Å². The fraction of sp³-hybridized carbons (Fsp3) is 0.500. The van der Waals surface area contributed by atoms with Gasteiger partial charge in [-0.2, -0.15) is 0 Å². The van der Waals surface area contributed by atoms with Crippen molar-refractivity contribution in [2.24, 2.45) is 5.73 Å². The number of hydrogen-bond acceptors (Lipinski definition) is 4. The molecular weight excluding hydrogens is 248 g/mol. The van der Waals surface area contributed by atoms with Gasteiger partial charge in [0.15, 0.2) is 14.1 Å². The van der Waals surface area contributed by atoms with Crippen molar-refractivity contribution in [2.45, 2.75) is 38.1 Å². The van der Waals surface area contributed by atoms with E-state index < -0.39 is 14.4 Å². The number of ether oxygens (including phenoxy) is 1. The van der Waals surface area contributed by atoms with Crippen LogP contribution in [0.25, 0.3) is 0 Å². The second-order valence-corrected chi connectivity index (χ2v) is 9.94. The molecule has 98 valence electrons. The Morgan fingerprint density at radius 2 is 2.06 bits per heavy atom. The molecular formula is C12H18N2O3Si. The fourth-order valence-corrected chi connectivity index (χ4v) is 3.42. The molecule has 0 aliphatic heterocycles. The van der Waals surface area contributed by atoms with Crippen molar-refractivity contribution >= 4 is 14.4 Å². The van der Waals surface area contributed by atoms with E-state index >= 15 is 0 Å². The van der Waals surface area contributed by atoms with Crippen LogP contribution in [0.4, 0.5) is 4.79 Å². The zero-order valence-electron chi connectivity index (χ0n) is 10.9. The minimum atomic E-state index is -1.60. The Morgan fingerprint density at radius 3 is 2.44 bits per heavy atom. The summed E-state index contributed by atoms with van der Waals surface area (Å²) < 4.78 is 10.9. The highest BCUT2D eigenvalue weighted by Crippen LogP contribution is 2.50. The van der Waals surface area contributed by atoms with Gasteiger partial charge in [0.2, 0.25) is 0 Å². The molecule has 1 fully saturated rings. The lowest BCUT2D eigenvalue weighted by molar-refractivity contribution is 0.167. The van der Waals surface area contributed by atoms with Crippen LogP contribution < -0.4 is 10.5 Å². The van der Waals surface area contributed by atoms with E-state index in [1.165, 1.54) is 6.20 Å². The molecule has 1 aromatic rings. The molecule has 0 bridgehead atoms. The van der Waals surface area contributed by atoms with E-state index in [0.717, 1.165) is 18.5 Å². The highest BCUT2D eigenvalue weighted by atomic mass is 28.4. The van der Waals surface area contributed by atoms with Crippen molar-refractivity contribution in [3.8, 4) is 5.75 Å². The van der Waals surface area contributed by atoms with Crippen molar-refractivity contribution in [2.75, 3.05) is 0 Å². The quantitative estimate of drug-likeness (QED) is 0.849. The maximum atomic E-state index is 10.6. The fourth-order valence-electron chi connectivity index (χ4n) is 1.94. The predicted octanol–water partition coefficient (Wildman–Crippen LogP) is 2.38. The molecule has 2 rings (SSSR count). The van der Waals surface area contributed by atoms with Crippen LogP contribution >= 0.6 is 0 Å². The number of amides is 1.